The maximum absolute atomic E-state index is 13.2. The molecule has 140 valence electrons. The molecule has 9 heteroatoms. The molecule has 0 unspecified atom stereocenters. The Labute approximate surface area is 157 Å². The average Bonchev–Trinajstić information content (AvgIpc) is 3.16. The minimum absolute atomic E-state index is 0.0569. The number of carbonyl (C=O) groups is 1. The molecule has 1 aromatic heterocycles. The summed E-state index contributed by atoms with van der Waals surface area (Å²) in [6.07, 6.45) is 0. The number of rotatable bonds is 7. The second-order valence-corrected chi connectivity index (χ2v) is 6.21. The van der Waals surface area contributed by atoms with E-state index < -0.39 is 11.6 Å². The molecule has 0 aliphatic carbocycles. The number of hydrogen-bond donors (Lipinski definition) is 0. The minimum atomic E-state index is -1.07. The normalized spacial score (nSPS) is 10.7. The molecule has 0 bridgehead atoms. The van der Waals surface area contributed by atoms with Crippen LogP contribution in [0.1, 0.15) is 10.4 Å². The molecule has 0 spiro atoms. The molecular formula is C18H14F2N2O4S. The van der Waals surface area contributed by atoms with Crippen LogP contribution in [0.5, 0.6) is 11.5 Å². The van der Waals surface area contributed by atoms with Gasteiger partial charge in [-0.1, -0.05) is 11.8 Å². The van der Waals surface area contributed by atoms with Crippen molar-refractivity contribution in [3.63, 3.8) is 0 Å². The first-order valence-corrected chi connectivity index (χ1v) is 8.67. The highest BCUT2D eigenvalue weighted by Gasteiger charge is 2.15. The SMILES string of the molecule is COc1ccc(-c2nnc(SCC(=O)c3ccc(F)c(F)c3)o2)cc1OC. The molecule has 0 amide bonds. The highest BCUT2D eigenvalue weighted by molar-refractivity contribution is 7.99. The Kier molecular flexibility index (Phi) is 5.70. The summed E-state index contributed by atoms with van der Waals surface area (Å²) in [5, 5.41) is 7.99. The largest absolute Gasteiger partial charge is 0.493 e. The molecule has 2 aromatic carbocycles. The van der Waals surface area contributed by atoms with Crippen molar-refractivity contribution in [1.29, 1.82) is 0 Å². The van der Waals surface area contributed by atoms with Crippen LogP contribution < -0.4 is 9.47 Å². The molecule has 0 fully saturated rings. The van der Waals surface area contributed by atoms with Gasteiger partial charge in [-0.25, -0.2) is 8.78 Å². The summed E-state index contributed by atoms with van der Waals surface area (Å²) >= 11 is 1.00. The number of aromatic nitrogens is 2. The zero-order valence-corrected chi connectivity index (χ0v) is 15.2. The molecule has 0 atom stereocenters. The summed E-state index contributed by atoms with van der Waals surface area (Å²) in [6, 6.07) is 8.13. The predicted octanol–water partition coefficient (Wildman–Crippen LogP) is 4.01. The van der Waals surface area contributed by atoms with E-state index in [2.05, 4.69) is 10.2 Å². The molecule has 0 N–H and O–H groups in total. The number of nitrogens with zero attached hydrogens (tertiary/aromatic N) is 2. The number of carbonyl (C=O) groups excluding carboxylic acids is 1. The Morgan fingerprint density at radius 3 is 2.52 bits per heavy atom. The zero-order chi connectivity index (χ0) is 19.4. The van der Waals surface area contributed by atoms with Crippen LogP contribution in [-0.2, 0) is 0 Å². The molecule has 0 aliphatic rings. The predicted molar refractivity (Wildman–Crippen MR) is 94.3 cm³/mol. The van der Waals surface area contributed by atoms with Gasteiger partial charge in [-0.05, 0) is 36.4 Å². The number of thioether (sulfide) groups is 1. The lowest BCUT2D eigenvalue weighted by molar-refractivity contribution is 0.102. The molecule has 3 aromatic rings. The standard InChI is InChI=1S/C18H14F2N2O4S/c1-24-15-6-4-11(8-16(15)25-2)17-21-22-18(26-17)27-9-14(23)10-3-5-12(19)13(20)7-10/h3-8H,9H2,1-2H3. The van der Waals surface area contributed by atoms with E-state index in [1.165, 1.54) is 20.3 Å². The van der Waals surface area contributed by atoms with Gasteiger partial charge in [0.1, 0.15) is 0 Å². The van der Waals surface area contributed by atoms with E-state index >= 15 is 0 Å². The molecule has 1 heterocycles. The summed E-state index contributed by atoms with van der Waals surface area (Å²) < 4.78 is 42.1. The maximum Gasteiger partial charge on any atom is 0.277 e. The maximum atomic E-state index is 13.2. The number of hydrogen-bond acceptors (Lipinski definition) is 7. The third kappa shape index (κ3) is 4.25. The Hall–Kier alpha value is -2.94. The summed E-state index contributed by atoms with van der Waals surface area (Å²) in [5.74, 6) is -1.19. The van der Waals surface area contributed by atoms with Crippen molar-refractivity contribution in [3.05, 3.63) is 53.6 Å². The fourth-order valence-corrected chi connectivity index (χ4v) is 2.89. The first-order chi connectivity index (χ1) is 13.0. The van der Waals surface area contributed by atoms with E-state index in [0.29, 0.717) is 17.1 Å². The Morgan fingerprint density at radius 2 is 1.81 bits per heavy atom. The number of Topliss-reactive ketones (excluding diaryl/α,β-unsaturated/α-hetero) is 1. The van der Waals surface area contributed by atoms with Gasteiger partial charge in [0.05, 0.1) is 20.0 Å². The van der Waals surface area contributed by atoms with Crippen LogP contribution >= 0.6 is 11.8 Å². The number of ketones is 1. The van der Waals surface area contributed by atoms with E-state index in [0.717, 1.165) is 23.9 Å². The van der Waals surface area contributed by atoms with Crippen molar-refractivity contribution in [2.24, 2.45) is 0 Å². The van der Waals surface area contributed by atoms with Gasteiger partial charge in [-0.15, -0.1) is 10.2 Å². The van der Waals surface area contributed by atoms with Crippen LogP contribution in [0.2, 0.25) is 0 Å². The Morgan fingerprint density at radius 1 is 1.04 bits per heavy atom. The van der Waals surface area contributed by atoms with Crippen molar-refractivity contribution < 1.29 is 27.5 Å². The van der Waals surface area contributed by atoms with Crippen molar-refractivity contribution in [3.8, 4) is 23.0 Å². The van der Waals surface area contributed by atoms with Gasteiger partial charge in [0.2, 0.25) is 5.89 Å². The lowest BCUT2D eigenvalue weighted by Crippen LogP contribution is -2.03. The first kappa shape index (κ1) is 18.8. The van der Waals surface area contributed by atoms with E-state index in [-0.39, 0.29) is 28.2 Å². The highest BCUT2D eigenvalue weighted by atomic mass is 32.2. The topological polar surface area (TPSA) is 74.5 Å². The lowest BCUT2D eigenvalue weighted by atomic mass is 10.1. The van der Waals surface area contributed by atoms with Crippen molar-refractivity contribution in [1.82, 2.24) is 10.2 Å². The van der Waals surface area contributed by atoms with Gasteiger partial charge < -0.3 is 13.9 Å². The minimum Gasteiger partial charge on any atom is -0.493 e. The Balaban J connectivity index is 1.69. The molecule has 0 radical (unpaired) electrons. The van der Waals surface area contributed by atoms with Crippen molar-refractivity contribution >= 4 is 17.5 Å². The van der Waals surface area contributed by atoms with E-state index in [9.17, 15) is 13.6 Å². The molecule has 27 heavy (non-hydrogen) atoms. The monoisotopic (exact) mass is 392 g/mol. The molecule has 0 saturated carbocycles. The third-order valence-corrected chi connectivity index (χ3v) is 4.42. The lowest BCUT2D eigenvalue weighted by Gasteiger charge is -2.07. The summed E-state index contributed by atoms with van der Waals surface area (Å²) in [6.45, 7) is 0. The van der Waals surface area contributed by atoms with E-state index in [1.807, 2.05) is 0 Å². The van der Waals surface area contributed by atoms with E-state index in [1.54, 1.807) is 18.2 Å². The molecule has 0 saturated heterocycles. The summed E-state index contributed by atoms with van der Waals surface area (Å²) in [7, 11) is 3.05. The fourth-order valence-electron chi connectivity index (χ4n) is 2.23. The molecule has 6 nitrogen and oxygen atoms in total. The second kappa shape index (κ2) is 8.17. The smallest absolute Gasteiger partial charge is 0.277 e. The van der Waals surface area contributed by atoms with Gasteiger partial charge in [0.15, 0.2) is 28.9 Å². The summed E-state index contributed by atoms with van der Waals surface area (Å²) in [5.41, 5.74) is 0.694. The molecular weight excluding hydrogens is 378 g/mol. The van der Waals surface area contributed by atoms with Crippen LogP contribution in [-0.4, -0.2) is 36.0 Å². The number of benzene rings is 2. The second-order valence-electron chi connectivity index (χ2n) is 5.28. The first-order valence-electron chi connectivity index (χ1n) is 7.68. The van der Waals surface area contributed by atoms with Crippen LogP contribution in [0.25, 0.3) is 11.5 Å². The highest BCUT2D eigenvalue weighted by Crippen LogP contribution is 2.32. The van der Waals surface area contributed by atoms with Crippen LogP contribution in [0.3, 0.4) is 0 Å². The van der Waals surface area contributed by atoms with Gasteiger partial charge in [0, 0.05) is 11.1 Å². The third-order valence-electron chi connectivity index (χ3n) is 3.61. The molecule has 3 rings (SSSR count). The quantitative estimate of drug-likeness (QED) is 0.444. The van der Waals surface area contributed by atoms with E-state index in [4.69, 9.17) is 13.9 Å². The van der Waals surface area contributed by atoms with Crippen molar-refractivity contribution in [2.45, 2.75) is 5.22 Å². The fraction of sp³-hybridized carbons (Fsp3) is 0.167. The summed E-state index contributed by atoms with van der Waals surface area (Å²) in [4.78, 5) is 12.1. The van der Waals surface area contributed by atoms with Gasteiger partial charge >= 0.3 is 0 Å². The van der Waals surface area contributed by atoms with Crippen molar-refractivity contribution in [2.75, 3.05) is 20.0 Å². The zero-order valence-electron chi connectivity index (χ0n) is 14.4. The number of halogens is 2. The van der Waals surface area contributed by atoms with Crippen LogP contribution in [0, 0.1) is 11.6 Å². The average molecular weight is 392 g/mol. The number of ether oxygens (including phenoxy) is 2. The van der Waals surface area contributed by atoms with Crippen LogP contribution in [0.15, 0.2) is 46.0 Å². The Bertz CT molecular complexity index is 978. The number of methoxy groups -OCH3 is 2. The molecule has 0 aliphatic heterocycles. The van der Waals surface area contributed by atoms with Gasteiger partial charge in [-0.3, -0.25) is 4.79 Å². The van der Waals surface area contributed by atoms with Crippen LogP contribution in [0.4, 0.5) is 8.78 Å². The van der Waals surface area contributed by atoms with Gasteiger partial charge in [0.25, 0.3) is 5.22 Å². The van der Waals surface area contributed by atoms with Gasteiger partial charge in [-0.2, -0.15) is 0 Å².